The van der Waals surface area contributed by atoms with E-state index in [9.17, 15) is 17.2 Å². The molecule has 0 heterocycles. The molecule has 188 valence electrons. The van der Waals surface area contributed by atoms with Gasteiger partial charge in [-0.3, -0.25) is 4.31 Å². The molecule has 34 heavy (non-hydrogen) atoms. The van der Waals surface area contributed by atoms with Crippen molar-refractivity contribution >= 4 is 49.7 Å². The maximum Gasteiger partial charge on any atom is 0.259 e. The number of halogens is 4. The third kappa shape index (κ3) is 5.78. The minimum absolute atomic E-state index is 0.0996. The van der Waals surface area contributed by atoms with Crippen molar-refractivity contribution in [3.8, 4) is 5.75 Å². The predicted molar refractivity (Wildman–Crippen MR) is 134 cm³/mol. The normalized spacial score (nSPS) is 12.4. The van der Waals surface area contributed by atoms with Crippen LogP contribution in [0.4, 0.5) is 30.2 Å². The topological polar surface area (TPSA) is 68.3 Å². The lowest BCUT2D eigenvalue weighted by molar-refractivity contribution is 0.0299. The molecule has 0 N–H and O–H groups in total. The van der Waals surface area contributed by atoms with E-state index in [4.69, 9.17) is 14.2 Å². The van der Waals surface area contributed by atoms with Crippen LogP contribution in [-0.2, 0) is 19.5 Å². The molecule has 0 saturated heterocycles. The summed E-state index contributed by atoms with van der Waals surface area (Å²) in [5, 5.41) is 0. The van der Waals surface area contributed by atoms with Gasteiger partial charge >= 0.3 is 0 Å². The van der Waals surface area contributed by atoms with E-state index in [1.807, 2.05) is 22.6 Å². The van der Waals surface area contributed by atoms with Gasteiger partial charge in [-0.05, 0) is 40.8 Å². The van der Waals surface area contributed by atoms with Crippen LogP contribution < -0.4 is 13.9 Å². The average Bonchev–Trinajstić information content (AvgIpc) is 2.78. The molecule has 0 aliphatic carbocycles. The molecular formula is C22H26F3IN2O5S. The van der Waals surface area contributed by atoms with Gasteiger partial charge in [-0.2, -0.15) is 0 Å². The van der Waals surface area contributed by atoms with E-state index in [1.165, 1.54) is 40.5 Å². The first-order valence-corrected chi connectivity index (χ1v) is 12.4. The molecule has 0 fully saturated rings. The van der Waals surface area contributed by atoms with Crippen LogP contribution >= 0.6 is 22.6 Å². The van der Waals surface area contributed by atoms with Crippen molar-refractivity contribution < 1.29 is 35.8 Å². The number of hydrogen-bond donors (Lipinski definition) is 0. The minimum Gasteiger partial charge on any atom is -0.494 e. The van der Waals surface area contributed by atoms with Gasteiger partial charge in [-0.25, -0.2) is 21.6 Å². The summed E-state index contributed by atoms with van der Waals surface area (Å²) in [5.41, 5.74) is -0.961. The smallest absolute Gasteiger partial charge is 0.259 e. The van der Waals surface area contributed by atoms with E-state index in [0.717, 1.165) is 22.3 Å². The first-order chi connectivity index (χ1) is 15.9. The van der Waals surface area contributed by atoms with Crippen LogP contribution in [0.5, 0.6) is 5.75 Å². The van der Waals surface area contributed by atoms with Crippen molar-refractivity contribution in [2.24, 2.45) is 0 Å². The second-order valence-electron chi connectivity index (χ2n) is 7.25. The Bertz CT molecular complexity index is 1160. The molecule has 0 spiro atoms. The number of sulfonamides is 1. The summed E-state index contributed by atoms with van der Waals surface area (Å²) in [6.07, 6.45) is -0.713. The highest BCUT2D eigenvalue weighted by Gasteiger charge is 2.33. The van der Waals surface area contributed by atoms with Crippen LogP contribution in [0.2, 0.25) is 0 Å². The van der Waals surface area contributed by atoms with Crippen LogP contribution in [0.3, 0.4) is 0 Å². The summed E-state index contributed by atoms with van der Waals surface area (Å²) in [5.74, 6) is -3.65. The van der Waals surface area contributed by atoms with E-state index in [-0.39, 0.29) is 35.1 Å². The zero-order valence-corrected chi connectivity index (χ0v) is 22.3. The molecule has 7 nitrogen and oxygen atoms in total. The Kier molecular flexibility index (Phi) is 9.62. The number of rotatable bonds is 11. The summed E-state index contributed by atoms with van der Waals surface area (Å²) >= 11 is 1.91. The van der Waals surface area contributed by atoms with Crippen molar-refractivity contribution in [1.82, 2.24) is 0 Å². The van der Waals surface area contributed by atoms with Crippen LogP contribution in [0.25, 0.3) is 0 Å². The lowest BCUT2D eigenvalue weighted by atomic mass is 10.1. The SMILES string of the molecule is C=C(C[C@@H](COC)OC)S(=O)(=O)N(C)c1c(OC)cc(F)c(F)c1N(C)c1ccc(I)cc1F. The fourth-order valence-electron chi connectivity index (χ4n) is 3.29. The number of benzene rings is 2. The molecule has 0 unspecified atom stereocenters. The Morgan fingerprint density at radius 3 is 2.26 bits per heavy atom. The maximum atomic E-state index is 15.2. The minimum atomic E-state index is -4.32. The predicted octanol–water partition coefficient (Wildman–Crippen LogP) is 4.82. The highest BCUT2D eigenvalue weighted by molar-refractivity contribution is 14.1. The maximum absolute atomic E-state index is 15.2. The van der Waals surface area contributed by atoms with E-state index < -0.39 is 39.3 Å². The summed E-state index contributed by atoms with van der Waals surface area (Å²) in [6.45, 7) is 3.76. The number of nitrogens with zero attached hydrogens (tertiary/aromatic N) is 2. The molecule has 0 bridgehead atoms. The Hall–Kier alpha value is -2.03. The van der Waals surface area contributed by atoms with Gasteiger partial charge in [0.15, 0.2) is 11.6 Å². The summed E-state index contributed by atoms with van der Waals surface area (Å²) < 4.78 is 87.7. The number of methoxy groups -OCH3 is 3. The molecule has 0 radical (unpaired) electrons. The van der Waals surface area contributed by atoms with Crippen molar-refractivity contribution in [3.05, 3.63) is 56.8 Å². The van der Waals surface area contributed by atoms with Gasteiger partial charge in [0.2, 0.25) is 0 Å². The Balaban J connectivity index is 2.68. The van der Waals surface area contributed by atoms with Crippen LogP contribution in [0, 0.1) is 21.0 Å². The van der Waals surface area contributed by atoms with Gasteiger partial charge in [0, 0.05) is 44.4 Å². The van der Waals surface area contributed by atoms with Gasteiger partial charge in [-0.15, -0.1) is 0 Å². The van der Waals surface area contributed by atoms with Crippen LogP contribution in [0.15, 0.2) is 35.7 Å². The van der Waals surface area contributed by atoms with Gasteiger partial charge in [0.1, 0.15) is 22.9 Å². The second-order valence-corrected chi connectivity index (χ2v) is 10.6. The van der Waals surface area contributed by atoms with Crippen molar-refractivity contribution in [2.45, 2.75) is 12.5 Å². The van der Waals surface area contributed by atoms with Gasteiger partial charge in [0.05, 0.1) is 30.4 Å². The standard InChI is InChI=1S/C22H26F3IN2O5S/c1-13(9-15(32-5)12-31-4)34(29,30)28(3)21-19(33-6)11-17(24)20(25)22(21)27(2)18-8-7-14(26)10-16(18)23/h7-8,10-11,15H,1,9,12H2,2-6H3/t15-/m0/s1. The molecule has 2 aromatic rings. The molecule has 0 aromatic heterocycles. The fourth-order valence-corrected chi connectivity index (χ4v) is 4.94. The van der Waals surface area contributed by atoms with Crippen molar-refractivity contribution in [2.75, 3.05) is 51.2 Å². The first kappa shape index (κ1) is 28.2. The molecule has 1 atom stereocenters. The van der Waals surface area contributed by atoms with Crippen LogP contribution in [-0.4, -0.2) is 56.6 Å². The van der Waals surface area contributed by atoms with Gasteiger partial charge in [-0.1, -0.05) is 6.58 Å². The quantitative estimate of drug-likeness (QED) is 0.339. The highest BCUT2D eigenvalue weighted by atomic mass is 127. The Morgan fingerprint density at radius 1 is 1.09 bits per heavy atom. The zero-order valence-electron chi connectivity index (χ0n) is 19.4. The molecule has 0 aliphatic rings. The Labute approximate surface area is 211 Å². The molecule has 12 heteroatoms. The molecule has 0 saturated carbocycles. The third-order valence-corrected chi connectivity index (χ3v) is 7.61. The lowest BCUT2D eigenvalue weighted by Crippen LogP contribution is -2.32. The lowest BCUT2D eigenvalue weighted by Gasteiger charge is -2.30. The van der Waals surface area contributed by atoms with Crippen LogP contribution in [0.1, 0.15) is 6.42 Å². The molecule has 2 aromatic carbocycles. The second kappa shape index (κ2) is 11.6. The van der Waals surface area contributed by atoms with E-state index >= 15 is 4.39 Å². The zero-order chi connectivity index (χ0) is 25.8. The largest absolute Gasteiger partial charge is 0.494 e. The third-order valence-electron chi connectivity index (χ3n) is 5.14. The average molecular weight is 614 g/mol. The highest BCUT2D eigenvalue weighted by Crippen LogP contribution is 2.45. The molecular weight excluding hydrogens is 588 g/mol. The number of hydrogen-bond acceptors (Lipinski definition) is 6. The first-order valence-electron chi connectivity index (χ1n) is 9.83. The van der Waals surface area contributed by atoms with Crippen molar-refractivity contribution in [3.63, 3.8) is 0 Å². The molecule has 0 amide bonds. The summed E-state index contributed by atoms with van der Waals surface area (Å²) in [4.78, 5) is 0.777. The molecule has 0 aliphatic heterocycles. The number of ether oxygens (including phenoxy) is 3. The van der Waals surface area contributed by atoms with E-state index in [1.54, 1.807) is 6.07 Å². The monoisotopic (exact) mass is 614 g/mol. The summed E-state index contributed by atoms with van der Waals surface area (Å²) in [6, 6.07) is 4.89. The van der Waals surface area contributed by atoms with Gasteiger partial charge < -0.3 is 19.1 Å². The van der Waals surface area contributed by atoms with E-state index in [2.05, 4.69) is 6.58 Å². The van der Waals surface area contributed by atoms with Gasteiger partial charge in [0.25, 0.3) is 10.0 Å². The summed E-state index contributed by atoms with van der Waals surface area (Å²) in [7, 11) is 2.14. The Morgan fingerprint density at radius 2 is 1.74 bits per heavy atom. The van der Waals surface area contributed by atoms with Crippen molar-refractivity contribution in [1.29, 1.82) is 0 Å². The molecule has 2 rings (SSSR count). The van der Waals surface area contributed by atoms with E-state index in [0.29, 0.717) is 3.57 Å². The fraction of sp³-hybridized carbons (Fsp3) is 0.364. The number of anilines is 3.